The Morgan fingerprint density at radius 2 is 2.27 bits per heavy atom. The quantitative estimate of drug-likeness (QED) is 0.697. The first kappa shape index (κ1) is 12.9. The van der Waals surface area contributed by atoms with Crippen LogP contribution in [0.3, 0.4) is 0 Å². The highest BCUT2D eigenvalue weighted by Crippen LogP contribution is 2.16. The van der Waals surface area contributed by atoms with Crippen LogP contribution in [-0.4, -0.2) is 44.3 Å². The zero-order valence-corrected chi connectivity index (χ0v) is 10.2. The lowest BCUT2D eigenvalue weighted by Gasteiger charge is -2.18. The van der Waals surface area contributed by atoms with Gasteiger partial charge in [0.05, 0.1) is 6.61 Å². The van der Waals surface area contributed by atoms with Crippen molar-refractivity contribution in [1.29, 1.82) is 0 Å². The third-order valence-electron chi connectivity index (χ3n) is 3.25. The second-order valence-electron chi connectivity index (χ2n) is 4.75. The number of rotatable bonds is 7. The van der Waals surface area contributed by atoms with Gasteiger partial charge in [-0.2, -0.15) is 0 Å². The second kappa shape index (κ2) is 7.20. The van der Waals surface area contributed by atoms with Gasteiger partial charge in [0, 0.05) is 19.7 Å². The topological polar surface area (TPSA) is 38.5 Å². The largest absolute Gasteiger partial charge is 0.384 e. The van der Waals surface area contributed by atoms with Crippen molar-refractivity contribution in [2.24, 2.45) is 11.7 Å². The molecular formula is C12H26N2O. The van der Waals surface area contributed by atoms with E-state index in [0.29, 0.717) is 6.04 Å². The fraction of sp³-hybridized carbons (Fsp3) is 1.00. The van der Waals surface area contributed by atoms with E-state index in [1.165, 1.54) is 32.5 Å². The fourth-order valence-corrected chi connectivity index (χ4v) is 2.35. The highest BCUT2D eigenvalue weighted by molar-refractivity contribution is 4.76. The molecule has 0 aromatic carbocycles. The summed E-state index contributed by atoms with van der Waals surface area (Å²) in [5.41, 5.74) is 6.00. The molecule has 0 aromatic rings. The number of hydrogen-bond acceptors (Lipinski definition) is 3. The molecule has 0 aliphatic carbocycles. The molecule has 15 heavy (non-hydrogen) atoms. The van der Waals surface area contributed by atoms with E-state index in [-0.39, 0.29) is 0 Å². The highest BCUT2D eigenvalue weighted by atomic mass is 16.5. The van der Waals surface area contributed by atoms with Gasteiger partial charge in [-0.1, -0.05) is 13.3 Å². The van der Waals surface area contributed by atoms with Crippen molar-refractivity contribution >= 4 is 0 Å². The Balaban J connectivity index is 2.08. The molecule has 1 rings (SSSR count). The van der Waals surface area contributed by atoms with E-state index in [9.17, 15) is 0 Å². The van der Waals surface area contributed by atoms with Crippen LogP contribution in [0.1, 0.15) is 32.6 Å². The average molecular weight is 214 g/mol. The standard InChI is InChI=1S/C12H26N2O/c1-3-4-12(13)6-8-14-7-5-11(9-14)10-15-2/h11-12H,3-10,13H2,1-2H3. The maximum atomic E-state index is 6.00. The zero-order valence-electron chi connectivity index (χ0n) is 10.2. The molecule has 0 spiro atoms. The van der Waals surface area contributed by atoms with Crippen molar-refractivity contribution in [1.82, 2.24) is 4.90 Å². The normalized spacial score (nSPS) is 24.6. The molecule has 0 aromatic heterocycles. The Morgan fingerprint density at radius 3 is 2.93 bits per heavy atom. The maximum absolute atomic E-state index is 6.00. The number of hydrogen-bond donors (Lipinski definition) is 1. The monoisotopic (exact) mass is 214 g/mol. The molecule has 1 heterocycles. The van der Waals surface area contributed by atoms with E-state index in [2.05, 4.69) is 11.8 Å². The van der Waals surface area contributed by atoms with Gasteiger partial charge in [-0.05, 0) is 38.3 Å². The van der Waals surface area contributed by atoms with Crippen LogP contribution in [0.2, 0.25) is 0 Å². The van der Waals surface area contributed by atoms with Gasteiger partial charge in [0.2, 0.25) is 0 Å². The van der Waals surface area contributed by atoms with E-state index >= 15 is 0 Å². The molecule has 0 saturated carbocycles. The summed E-state index contributed by atoms with van der Waals surface area (Å²) in [5, 5.41) is 0. The van der Waals surface area contributed by atoms with E-state index in [1.807, 2.05) is 0 Å². The molecule has 1 saturated heterocycles. The van der Waals surface area contributed by atoms with Crippen molar-refractivity contribution in [2.75, 3.05) is 33.4 Å². The predicted molar refractivity (Wildman–Crippen MR) is 63.9 cm³/mol. The molecule has 2 N–H and O–H groups in total. The number of ether oxygens (including phenoxy) is 1. The Labute approximate surface area is 94.0 Å². The van der Waals surface area contributed by atoms with Gasteiger partial charge in [0.15, 0.2) is 0 Å². The zero-order chi connectivity index (χ0) is 11.1. The van der Waals surface area contributed by atoms with Crippen LogP contribution in [0, 0.1) is 5.92 Å². The molecule has 1 aliphatic rings. The summed E-state index contributed by atoms with van der Waals surface area (Å²) in [6.07, 6.45) is 4.80. The van der Waals surface area contributed by atoms with Gasteiger partial charge in [0.25, 0.3) is 0 Å². The Kier molecular flexibility index (Phi) is 6.22. The molecule has 1 fully saturated rings. The van der Waals surface area contributed by atoms with Gasteiger partial charge in [-0.25, -0.2) is 0 Å². The predicted octanol–water partition coefficient (Wildman–Crippen LogP) is 1.47. The van der Waals surface area contributed by atoms with E-state index in [4.69, 9.17) is 10.5 Å². The molecule has 0 bridgehead atoms. The lowest BCUT2D eigenvalue weighted by atomic mass is 10.1. The Hall–Kier alpha value is -0.120. The van der Waals surface area contributed by atoms with Gasteiger partial charge in [0.1, 0.15) is 0 Å². The summed E-state index contributed by atoms with van der Waals surface area (Å²) in [6.45, 7) is 6.71. The molecule has 0 amide bonds. The Bertz CT molecular complexity index is 164. The summed E-state index contributed by atoms with van der Waals surface area (Å²) in [7, 11) is 1.79. The second-order valence-corrected chi connectivity index (χ2v) is 4.75. The van der Waals surface area contributed by atoms with Crippen molar-refractivity contribution < 1.29 is 4.74 Å². The molecular weight excluding hydrogens is 188 g/mol. The molecule has 3 heteroatoms. The van der Waals surface area contributed by atoms with Crippen LogP contribution in [-0.2, 0) is 4.74 Å². The van der Waals surface area contributed by atoms with Crippen LogP contribution < -0.4 is 5.73 Å². The number of nitrogens with two attached hydrogens (primary N) is 1. The van der Waals surface area contributed by atoms with Crippen LogP contribution in [0.25, 0.3) is 0 Å². The third kappa shape index (κ3) is 4.96. The SMILES string of the molecule is CCCC(N)CCN1CCC(COC)C1. The van der Waals surface area contributed by atoms with Crippen LogP contribution in [0.15, 0.2) is 0 Å². The summed E-state index contributed by atoms with van der Waals surface area (Å²) in [4.78, 5) is 2.53. The fourth-order valence-electron chi connectivity index (χ4n) is 2.35. The van der Waals surface area contributed by atoms with Crippen molar-refractivity contribution in [3.63, 3.8) is 0 Å². The first-order valence-electron chi connectivity index (χ1n) is 6.23. The number of nitrogens with zero attached hydrogens (tertiary/aromatic N) is 1. The first-order chi connectivity index (χ1) is 7.26. The molecule has 90 valence electrons. The maximum Gasteiger partial charge on any atom is 0.0503 e. The average Bonchev–Trinajstić information content (AvgIpc) is 2.64. The van der Waals surface area contributed by atoms with Crippen LogP contribution in [0.5, 0.6) is 0 Å². The summed E-state index contributed by atoms with van der Waals surface area (Å²) in [6, 6.07) is 0.400. The summed E-state index contributed by atoms with van der Waals surface area (Å²) < 4.78 is 5.19. The Morgan fingerprint density at radius 1 is 1.47 bits per heavy atom. The lowest BCUT2D eigenvalue weighted by molar-refractivity contribution is 0.153. The van der Waals surface area contributed by atoms with Gasteiger partial charge >= 0.3 is 0 Å². The third-order valence-corrected chi connectivity index (χ3v) is 3.25. The smallest absolute Gasteiger partial charge is 0.0503 e. The van der Waals surface area contributed by atoms with Gasteiger partial charge in [-0.15, -0.1) is 0 Å². The van der Waals surface area contributed by atoms with Crippen molar-refractivity contribution in [2.45, 2.75) is 38.6 Å². The minimum absolute atomic E-state index is 0.400. The van der Waals surface area contributed by atoms with Crippen LogP contribution >= 0.6 is 0 Å². The molecule has 2 unspecified atom stereocenters. The number of methoxy groups -OCH3 is 1. The van der Waals surface area contributed by atoms with E-state index in [0.717, 1.165) is 25.4 Å². The minimum atomic E-state index is 0.400. The highest BCUT2D eigenvalue weighted by Gasteiger charge is 2.21. The van der Waals surface area contributed by atoms with Crippen LogP contribution in [0.4, 0.5) is 0 Å². The first-order valence-corrected chi connectivity index (χ1v) is 6.23. The van der Waals surface area contributed by atoms with E-state index in [1.54, 1.807) is 7.11 Å². The van der Waals surface area contributed by atoms with Crippen molar-refractivity contribution in [3.8, 4) is 0 Å². The number of likely N-dealkylation sites (tertiary alicyclic amines) is 1. The molecule has 0 radical (unpaired) electrons. The van der Waals surface area contributed by atoms with E-state index < -0.39 is 0 Å². The lowest BCUT2D eigenvalue weighted by Crippen LogP contribution is -2.29. The van der Waals surface area contributed by atoms with Crippen molar-refractivity contribution in [3.05, 3.63) is 0 Å². The summed E-state index contributed by atoms with van der Waals surface area (Å²) >= 11 is 0. The molecule has 2 atom stereocenters. The minimum Gasteiger partial charge on any atom is -0.384 e. The molecule has 1 aliphatic heterocycles. The van der Waals surface area contributed by atoms with Gasteiger partial charge < -0.3 is 15.4 Å². The summed E-state index contributed by atoms with van der Waals surface area (Å²) in [5.74, 6) is 0.748. The van der Waals surface area contributed by atoms with Gasteiger partial charge in [-0.3, -0.25) is 0 Å². The molecule has 3 nitrogen and oxygen atoms in total.